The van der Waals surface area contributed by atoms with Crippen molar-refractivity contribution < 1.29 is 19.1 Å². The van der Waals surface area contributed by atoms with Gasteiger partial charge in [0, 0.05) is 25.8 Å². The van der Waals surface area contributed by atoms with Gasteiger partial charge in [-0.2, -0.15) is 0 Å². The largest absolute Gasteiger partial charge is 0.454 e. The number of rotatable bonds is 4. The number of primary amides is 1. The Morgan fingerprint density at radius 2 is 2.04 bits per heavy atom. The Morgan fingerprint density at radius 3 is 2.85 bits per heavy atom. The number of carbonyl (C=O) groups excluding carboxylic acids is 2. The van der Waals surface area contributed by atoms with Crippen molar-refractivity contribution in [1.82, 2.24) is 9.88 Å². The third kappa shape index (κ3) is 3.01. The predicted octanol–water partition coefficient (Wildman–Crippen LogP) is 0.758. The number of hydrogen-bond donors (Lipinski definition) is 1. The summed E-state index contributed by atoms with van der Waals surface area (Å²) in [4.78, 5) is 32.0. The van der Waals surface area contributed by atoms with E-state index in [1.807, 2.05) is 18.2 Å². The average Bonchev–Trinajstić information content (AvgIpc) is 3.11. The smallest absolute Gasteiger partial charge is 0.252 e. The van der Waals surface area contributed by atoms with Crippen LogP contribution < -0.4 is 20.1 Å². The highest BCUT2D eigenvalue weighted by atomic mass is 16.7. The van der Waals surface area contributed by atoms with Gasteiger partial charge in [-0.1, -0.05) is 6.07 Å². The number of piperazine rings is 1. The van der Waals surface area contributed by atoms with Crippen molar-refractivity contribution in [2.45, 2.75) is 6.54 Å². The van der Waals surface area contributed by atoms with Gasteiger partial charge in [-0.05, 0) is 29.8 Å². The molecule has 2 aliphatic rings. The van der Waals surface area contributed by atoms with Crippen LogP contribution in [0.15, 0.2) is 36.5 Å². The lowest BCUT2D eigenvalue weighted by Crippen LogP contribution is -2.50. The monoisotopic (exact) mass is 354 g/mol. The Balaban J connectivity index is 1.46. The van der Waals surface area contributed by atoms with Crippen molar-refractivity contribution in [3.05, 3.63) is 47.7 Å². The molecule has 0 bridgehead atoms. The third-order valence-corrected chi connectivity index (χ3v) is 4.48. The zero-order valence-electron chi connectivity index (χ0n) is 14.1. The van der Waals surface area contributed by atoms with Crippen LogP contribution in [0.4, 0.5) is 5.82 Å². The number of carbonyl (C=O) groups is 2. The lowest BCUT2D eigenvalue weighted by atomic mass is 10.1. The van der Waals surface area contributed by atoms with Gasteiger partial charge in [0.25, 0.3) is 5.91 Å². The highest BCUT2D eigenvalue weighted by Crippen LogP contribution is 2.33. The van der Waals surface area contributed by atoms with Crippen molar-refractivity contribution >= 4 is 17.6 Å². The Morgan fingerprint density at radius 1 is 1.19 bits per heavy atom. The molecule has 1 aromatic heterocycles. The fraction of sp³-hybridized carbons (Fsp3) is 0.278. The molecule has 1 saturated heterocycles. The van der Waals surface area contributed by atoms with E-state index < -0.39 is 5.91 Å². The van der Waals surface area contributed by atoms with E-state index in [1.165, 1.54) is 0 Å². The van der Waals surface area contributed by atoms with Crippen LogP contribution in [0, 0.1) is 0 Å². The molecule has 0 unspecified atom stereocenters. The lowest BCUT2D eigenvalue weighted by molar-refractivity contribution is -0.131. The number of hydrogen-bond acceptors (Lipinski definition) is 6. The molecule has 0 atom stereocenters. The predicted molar refractivity (Wildman–Crippen MR) is 92.9 cm³/mol. The maximum atomic E-state index is 12.6. The first-order valence-corrected chi connectivity index (χ1v) is 8.28. The van der Waals surface area contributed by atoms with E-state index in [4.69, 9.17) is 15.2 Å². The number of fused-ring (bicyclic) bond motifs is 1. The maximum Gasteiger partial charge on any atom is 0.252 e. The van der Waals surface area contributed by atoms with E-state index in [-0.39, 0.29) is 19.2 Å². The highest BCUT2D eigenvalue weighted by Gasteiger charge is 2.27. The zero-order chi connectivity index (χ0) is 18.1. The molecule has 134 valence electrons. The number of pyridine rings is 1. The van der Waals surface area contributed by atoms with Crippen LogP contribution in [0.3, 0.4) is 0 Å². The van der Waals surface area contributed by atoms with Crippen molar-refractivity contribution in [1.29, 1.82) is 0 Å². The normalized spacial score (nSPS) is 16.1. The summed E-state index contributed by atoms with van der Waals surface area (Å²) < 4.78 is 10.7. The van der Waals surface area contributed by atoms with Crippen LogP contribution in [-0.4, -0.2) is 48.1 Å². The molecular formula is C18H18N4O4. The Bertz CT molecular complexity index is 870. The molecule has 2 aliphatic heterocycles. The molecule has 1 fully saturated rings. The maximum absolute atomic E-state index is 12.6. The molecule has 0 radical (unpaired) electrons. The molecule has 2 N–H and O–H groups in total. The number of benzene rings is 1. The number of anilines is 1. The Kier molecular flexibility index (Phi) is 4.08. The number of aromatic nitrogens is 1. The topological polar surface area (TPSA) is 98.0 Å². The Labute approximate surface area is 150 Å². The van der Waals surface area contributed by atoms with E-state index in [2.05, 4.69) is 4.98 Å². The van der Waals surface area contributed by atoms with Gasteiger partial charge in [0.15, 0.2) is 11.5 Å². The molecular weight excluding hydrogens is 336 g/mol. The van der Waals surface area contributed by atoms with Gasteiger partial charge in [0.2, 0.25) is 12.7 Å². The van der Waals surface area contributed by atoms with Gasteiger partial charge in [-0.15, -0.1) is 0 Å². The van der Waals surface area contributed by atoms with Gasteiger partial charge >= 0.3 is 0 Å². The van der Waals surface area contributed by atoms with Crippen molar-refractivity contribution in [3.63, 3.8) is 0 Å². The number of amides is 2. The second-order valence-electron chi connectivity index (χ2n) is 6.16. The first kappa shape index (κ1) is 16.2. The van der Waals surface area contributed by atoms with E-state index >= 15 is 0 Å². The Hall–Kier alpha value is -3.29. The minimum Gasteiger partial charge on any atom is -0.454 e. The van der Waals surface area contributed by atoms with Gasteiger partial charge in [-0.3, -0.25) is 9.59 Å². The fourth-order valence-corrected chi connectivity index (χ4v) is 3.16. The third-order valence-electron chi connectivity index (χ3n) is 4.48. The lowest BCUT2D eigenvalue weighted by Gasteiger charge is -2.35. The standard InChI is InChI=1S/C18H18N4O4/c19-17(24)13-2-1-5-20-18(13)22-7-6-21(16(23)10-22)9-12-3-4-14-15(8-12)26-11-25-14/h1-5,8H,6-7,9-11H2,(H2,19,24). The summed E-state index contributed by atoms with van der Waals surface area (Å²) in [5, 5.41) is 0. The summed E-state index contributed by atoms with van der Waals surface area (Å²) in [6, 6.07) is 8.95. The SMILES string of the molecule is NC(=O)c1cccnc1N1CCN(Cc2ccc3c(c2)OCO3)C(=O)C1. The van der Waals surface area contributed by atoms with E-state index in [0.29, 0.717) is 36.8 Å². The number of ether oxygens (including phenoxy) is 2. The minimum atomic E-state index is -0.552. The van der Waals surface area contributed by atoms with Crippen LogP contribution in [-0.2, 0) is 11.3 Å². The van der Waals surface area contributed by atoms with Crippen LogP contribution in [0.25, 0.3) is 0 Å². The van der Waals surface area contributed by atoms with E-state index in [1.54, 1.807) is 28.1 Å². The summed E-state index contributed by atoms with van der Waals surface area (Å²) in [7, 11) is 0. The van der Waals surface area contributed by atoms with Gasteiger partial charge in [0.1, 0.15) is 5.82 Å². The number of nitrogens with zero attached hydrogens (tertiary/aromatic N) is 3. The minimum absolute atomic E-state index is 0.0324. The molecule has 0 saturated carbocycles. The van der Waals surface area contributed by atoms with Crippen LogP contribution in [0.1, 0.15) is 15.9 Å². The summed E-state index contributed by atoms with van der Waals surface area (Å²) in [6.07, 6.45) is 1.59. The van der Waals surface area contributed by atoms with Crippen LogP contribution in [0.5, 0.6) is 11.5 Å². The molecule has 2 aromatic rings. The van der Waals surface area contributed by atoms with Gasteiger partial charge in [0.05, 0.1) is 12.1 Å². The first-order valence-electron chi connectivity index (χ1n) is 8.28. The second kappa shape index (κ2) is 6.55. The van der Waals surface area contributed by atoms with E-state index in [9.17, 15) is 9.59 Å². The first-order chi connectivity index (χ1) is 12.6. The molecule has 2 amide bonds. The molecule has 0 aliphatic carbocycles. The molecule has 3 heterocycles. The molecule has 8 nitrogen and oxygen atoms in total. The zero-order valence-corrected chi connectivity index (χ0v) is 14.1. The van der Waals surface area contributed by atoms with Gasteiger partial charge < -0.3 is 25.0 Å². The summed E-state index contributed by atoms with van der Waals surface area (Å²) in [5.41, 5.74) is 6.71. The van der Waals surface area contributed by atoms with Crippen LogP contribution in [0.2, 0.25) is 0 Å². The quantitative estimate of drug-likeness (QED) is 0.870. The molecule has 4 rings (SSSR count). The summed E-state index contributed by atoms with van der Waals surface area (Å²) >= 11 is 0. The average molecular weight is 354 g/mol. The van der Waals surface area contributed by atoms with Crippen molar-refractivity contribution in [2.24, 2.45) is 5.73 Å². The molecule has 0 spiro atoms. The van der Waals surface area contributed by atoms with Gasteiger partial charge in [-0.25, -0.2) is 4.98 Å². The molecule has 8 heteroatoms. The van der Waals surface area contributed by atoms with E-state index in [0.717, 1.165) is 11.3 Å². The summed E-state index contributed by atoms with van der Waals surface area (Å²) in [5.74, 6) is 1.29. The fourth-order valence-electron chi connectivity index (χ4n) is 3.16. The summed E-state index contributed by atoms with van der Waals surface area (Å²) in [6.45, 7) is 1.98. The highest BCUT2D eigenvalue weighted by molar-refractivity contribution is 5.98. The second-order valence-corrected chi connectivity index (χ2v) is 6.16. The van der Waals surface area contributed by atoms with Crippen molar-refractivity contribution in [2.75, 3.05) is 31.3 Å². The van der Waals surface area contributed by atoms with Crippen LogP contribution >= 0.6 is 0 Å². The molecule has 1 aromatic carbocycles. The number of nitrogens with two attached hydrogens (primary N) is 1. The molecule has 26 heavy (non-hydrogen) atoms. The van der Waals surface area contributed by atoms with Crippen molar-refractivity contribution in [3.8, 4) is 11.5 Å².